The van der Waals surface area contributed by atoms with Gasteiger partial charge in [0, 0.05) is 5.56 Å². The summed E-state index contributed by atoms with van der Waals surface area (Å²) < 4.78 is 0. The molecular weight excluding hydrogens is 196 g/mol. The molecule has 82 valence electrons. The number of carbonyl (C=O) groups is 1. The molecule has 0 atom stereocenters. The number of Topliss-reactive ketones (excluding diaryl/α,β-unsaturated/α-hetero) is 1. The minimum atomic E-state index is 0.125. The molecule has 0 bridgehead atoms. The fourth-order valence-electron chi connectivity index (χ4n) is 2.09. The summed E-state index contributed by atoms with van der Waals surface area (Å²) >= 11 is 0. The van der Waals surface area contributed by atoms with E-state index in [0.717, 1.165) is 12.0 Å². The Morgan fingerprint density at radius 1 is 1.12 bits per heavy atom. The molecule has 1 nitrogen and oxygen atoms in total. The van der Waals surface area contributed by atoms with Gasteiger partial charge in [0.05, 0.1) is 0 Å². The first kappa shape index (κ1) is 10.9. The van der Waals surface area contributed by atoms with Crippen molar-refractivity contribution in [1.29, 1.82) is 0 Å². The van der Waals surface area contributed by atoms with Crippen LogP contribution in [0.15, 0.2) is 30.3 Å². The Morgan fingerprint density at radius 2 is 1.88 bits per heavy atom. The lowest BCUT2D eigenvalue weighted by Gasteiger charge is -2.00. The SMILES string of the molecule is CCc1ccc2c(C)ccc(C(C)=O)cc1-2. The molecule has 0 aromatic rings. The summed E-state index contributed by atoms with van der Waals surface area (Å²) in [4.78, 5) is 11.5. The fourth-order valence-corrected chi connectivity index (χ4v) is 2.09. The molecule has 0 aromatic heterocycles. The maximum absolute atomic E-state index is 11.5. The molecule has 0 amide bonds. The summed E-state index contributed by atoms with van der Waals surface area (Å²) in [5, 5.41) is 0. The third-order valence-corrected chi connectivity index (χ3v) is 3.11. The maximum Gasteiger partial charge on any atom is 0.159 e. The Balaban J connectivity index is 2.73. The minimum Gasteiger partial charge on any atom is -0.295 e. The van der Waals surface area contributed by atoms with E-state index in [4.69, 9.17) is 0 Å². The van der Waals surface area contributed by atoms with Crippen molar-refractivity contribution >= 4 is 5.78 Å². The van der Waals surface area contributed by atoms with Crippen LogP contribution in [0.4, 0.5) is 0 Å². The van der Waals surface area contributed by atoms with Gasteiger partial charge in [-0.1, -0.05) is 31.2 Å². The molecule has 0 saturated carbocycles. The van der Waals surface area contributed by atoms with Gasteiger partial charge in [-0.3, -0.25) is 4.79 Å². The third-order valence-electron chi connectivity index (χ3n) is 3.11. The van der Waals surface area contributed by atoms with Gasteiger partial charge in [-0.15, -0.1) is 0 Å². The fraction of sp³-hybridized carbons (Fsp3) is 0.267. The Labute approximate surface area is 96.5 Å². The van der Waals surface area contributed by atoms with Crippen LogP contribution >= 0.6 is 0 Å². The normalized spacial score (nSPS) is 10.7. The standard InChI is InChI=1S/C15H16O/c1-4-12-7-8-14-10(2)5-6-13(11(3)16)9-15(12)14/h5-9H,4H2,1-3H3. The van der Waals surface area contributed by atoms with Crippen molar-refractivity contribution in [2.75, 3.05) is 0 Å². The maximum atomic E-state index is 11.5. The van der Waals surface area contributed by atoms with E-state index < -0.39 is 0 Å². The van der Waals surface area contributed by atoms with Crippen LogP contribution in [-0.2, 0) is 6.42 Å². The first-order valence-electron chi connectivity index (χ1n) is 5.66. The van der Waals surface area contributed by atoms with Crippen LogP contribution in [0.25, 0.3) is 11.1 Å². The molecule has 0 radical (unpaired) electrons. The smallest absolute Gasteiger partial charge is 0.159 e. The van der Waals surface area contributed by atoms with Crippen LogP contribution in [0, 0.1) is 6.92 Å². The second-order valence-corrected chi connectivity index (χ2v) is 4.21. The van der Waals surface area contributed by atoms with E-state index in [-0.39, 0.29) is 5.78 Å². The molecule has 0 N–H and O–H groups in total. The molecular formula is C15H16O. The van der Waals surface area contributed by atoms with Gasteiger partial charge in [0.15, 0.2) is 5.78 Å². The number of hydrogen-bond acceptors (Lipinski definition) is 1. The molecule has 0 aromatic carbocycles. The van der Waals surface area contributed by atoms with E-state index in [9.17, 15) is 4.79 Å². The van der Waals surface area contributed by atoms with Crippen molar-refractivity contribution in [2.45, 2.75) is 27.2 Å². The molecule has 2 aliphatic rings. The van der Waals surface area contributed by atoms with Gasteiger partial charge in [-0.05, 0) is 48.6 Å². The summed E-state index contributed by atoms with van der Waals surface area (Å²) in [6, 6.07) is 10.3. The summed E-state index contributed by atoms with van der Waals surface area (Å²) in [7, 11) is 0. The van der Waals surface area contributed by atoms with Crippen LogP contribution in [0.2, 0.25) is 0 Å². The Bertz CT molecular complexity index is 511. The monoisotopic (exact) mass is 212 g/mol. The van der Waals surface area contributed by atoms with E-state index in [1.807, 2.05) is 18.2 Å². The van der Waals surface area contributed by atoms with Crippen molar-refractivity contribution in [3.05, 3.63) is 47.0 Å². The highest BCUT2D eigenvalue weighted by atomic mass is 16.1. The molecule has 0 fully saturated rings. The quantitative estimate of drug-likeness (QED) is 0.691. The van der Waals surface area contributed by atoms with Gasteiger partial charge in [0.2, 0.25) is 0 Å². The molecule has 0 unspecified atom stereocenters. The lowest BCUT2D eigenvalue weighted by atomic mass is 10.0. The molecule has 0 spiro atoms. The lowest BCUT2D eigenvalue weighted by molar-refractivity contribution is 0.101. The van der Waals surface area contributed by atoms with E-state index >= 15 is 0 Å². The highest BCUT2D eigenvalue weighted by molar-refractivity contribution is 5.95. The van der Waals surface area contributed by atoms with Crippen LogP contribution in [0.5, 0.6) is 0 Å². The first-order chi connectivity index (χ1) is 7.63. The van der Waals surface area contributed by atoms with Crippen molar-refractivity contribution in [2.24, 2.45) is 0 Å². The minimum absolute atomic E-state index is 0.125. The summed E-state index contributed by atoms with van der Waals surface area (Å²) in [5.41, 5.74) is 5.80. The predicted octanol–water partition coefficient (Wildman–Crippen LogP) is 3.86. The van der Waals surface area contributed by atoms with E-state index in [2.05, 4.69) is 26.0 Å². The Kier molecular flexibility index (Phi) is 2.78. The molecule has 2 aliphatic carbocycles. The largest absolute Gasteiger partial charge is 0.295 e. The summed E-state index contributed by atoms with van der Waals surface area (Å²) in [6.07, 6.45) is 1.00. The molecule has 0 heterocycles. The lowest BCUT2D eigenvalue weighted by Crippen LogP contribution is -1.89. The van der Waals surface area contributed by atoms with Crippen molar-refractivity contribution in [3.8, 4) is 11.1 Å². The zero-order chi connectivity index (χ0) is 11.7. The highest BCUT2D eigenvalue weighted by Crippen LogP contribution is 2.31. The first-order valence-corrected chi connectivity index (χ1v) is 5.66. The average molecular weight is 212 g/mol. The number of ketones is 1. The Morgan fingerprint density at radius 3 is 2.50 bits per heavy atom. The number of rotatable bonds is 2. The average Bonchev–Trinajstić information content (AvgIpc) is 2.58. The van der Waals surface area contributed by atoms with Crippen molar-refractivity contribution in [1.82, 2.24) is 0 Å². The molecule has 2 rings (SSSR count). The number of fused-ring (bicyclic) bond motifs is 1. The van der Waals surface area contributed by atoms with Gasteiger partial charge >= 0.3 is 0 Å². The number of aryl methyl sites for hydroxylation is 2. The van der Waals surface area contributed by atoms with E-state index in [1.54, 1.807) is 6.92 Å². The topological polar surface area (TPSA) is 17.1 Å². The molecule has 0 saturated heterocycles. The van der Waals surface area contributed by atoms with Crippen molar-refractivity contribution < 1.29 is 4.79 Å². The third kappa shape index (κ3) is 1.73. The van der Waals surface area contributed by atoms with Crippen LogP contribution in [-0.4, -0.2) is 5.78 Å². The van der Waals surface area contributed by atoms with E-state index in [1.165, 1.54) is 22.3 Å². The van der Waals surface area contributed by atoms with Crippen LogP contribution in [0.3, 0.4) is 0 Å². The summed E-state index contributed by atoms with van der Waals surface area (Å²) in [6.45, 7) is 5.85. The Hall–Kier alpha value is -1.63. The van der Waals surface area contributed by atoms with Gasteiger partial charge in [0.1, 0.15) is 0 Å². The molecule has 16 heavy (non-hydrogen) atoms. The van der Waals surface area contributed by atoms with Crippen molar-refractivity contribution in [3.63, 3.8) is 0 Å². The van der Waals surface area contributed by atoms with E-state index in [0.29, 0.717) is 0 Å². The molecule has 1 heteroatoms. The second-order valence-electron chi connectivity index (χ2n) is 4.21. The highest BCUT2D eigenvalue weighted by Gasteiger charge is 2.11. The molecule has 0 aliphatic heterocycles. The van der Waals surface area contributed by atoms with Gasteiger partial charge in [0.25, 0.3) is 0 Å². The predicted molar refractivity (Wildman–Crippen MR) is 67.2 cm³/mol. The van der Waals surface area contributed by atoms with Gasteiger partial charge in [-0.25, -0.2) is 0 Å². The zero-order valence-electron chi connectivity index (χ0n) is 10.0. The van der Waals surface area contributed by atoms with Crippen LogP contribution in [0.1, 0.15) is 35.3 Å². The van der Waals surface area contributed by atoms with Gasteiger partial charge < -0.3 is 0 Å². The van der Waals surface area contributed by atoms with Crippen LogP contribution < -0.4 is 0 Å². The van der Waals surface area contributed by atoms with Gasteiger partial charge in [-0.2, -0.15) is 0 Å². The number of hydrogen-bond donors (Lipinski definition) is 0. The number of carbonyl (C=O) groups excluding carboxylic acids is 1. The summed E-state index contributed by atoms with van der Waals surface area (Å²) in [5.74, 6) is 0.125. The zero-order valence-corrected chi connectivity index (χ0v) is 10.0. The second kappa shape index (κ2) is 4.09.